The summed E-state index contributed by atoms with van der Waals surface area (Å²) in [5.41, 5.74) is 2.20. The zero-order valence-electron chi connectivity index (χ0n) is 9.73. The molecule has 0 aromatic carbocycles. The zero-order valence-corrected chi connectivity index (χ0v) is 9.73. The Kier molecular flexibility index (Phi) is 2.48. The van der Waals surface area contributed by atoms with Crippen LogP contribution in [0.2, 0.25) is 0 Å². The molecular weight excluding hydrogens is 218 g/mol. The molecular formula is C12H15N3O2. The fourth-order valence-electron chi connectivity index (χ4n) is 2.27. The quantitative estimate of drug-likeness (QED) is 0.823. The van der Waals surface area contributed by atoms with E-state index in [0.717, 1.165) is 36.4 Å². The van der Waals surface area contributed by atoms with E-state index in [9.17, 15) is 5.11 Å². The lowest BCUT2D eigenvalue weighted by Crippen LogP contribution is -2.17. The lowest BCUT2D eigenvalue weighted by molar-refractivity contribution is 0.212. The van der Waals surface area contributed by atoms with E-state index in [1.165, 1.54) is 0 Å². The van der Waals surface area contributed by atoms with Crippen molar-refractivity contribution in [3.05, 3.63) is 23.3 Å². The Morgan fingerprint density at radius 2 is 2.47 bits per heavy atom. The standard InChI is InChI=1S/C12H15N3O2/c1-7-5-13-12(17-7)11-14-9-3-2-8(6-16)4-10(9)15-11/h5,8,16H,2-4,6H2,1H3,(H,14,15). The number of imidazole rings is 1. The average molecular weight is 233 g/mol. The molecule has 0 aliphatic heterocycles. The number of nitrogens with zero attached hydrogens (tertiary/aromatic N) is 2. The van der Waals surface area contributed by atoms with Gasteiger partial charge in [0, 0.05) is 12.3 Å². The summed E-state index contributed by atoms with van der Waals surface area (Å²) >= 11 is 0. The van der Waals surface area contributed by atoms with Gasteiger partial charge in [0.05, 0.1) is 11.9 Å². The first-order valence-corrected chi connectivity index (χ1v) is 5.87. The molecule has 0 bridgehead atoms. The van der Waals surface area contributed by atoms with Gasteiger partial charge in [-0.1, -0.05) is 0 Å². The molecule has 2 heterocycles. The summed E-state index contributed by atoms with van der Waals surface area (Å²) < 4.78 is 5.45. The molecule has 2 N–H and O–H groups in total. The van der Waals surface area contributed by atoms with E-state index in [1.54, 1.807) is 6.20 Å². The summed E-state index contributed by atoms with van der Waals surface area (Å²) in [5.74, 6) is 2.36. The van der Waals surface area contributed by atoms with Crippen LogP contribution in [0.1, 0.15) is 23.6 Å². The minimum Gasteiger partial charge on any atom is -0.439 e. The van der Waals surface area contributed by atoms with Crippen molar-refractivity contribution < 1.29 is 9.52 Å². The average Bonchev–Trinajstić information content (AvgIpc) is 2.93. The Morgan fingerprint density at radius 1 is 1.59 bits per heavy atom. The Morgan fingerprint density at radius 3 is 3.18 bits per heavy atom. The third-order valence-corrected chi connectivity index (χ3v) is 3.23. The molecule has 3 rings (SSSR count). The third kappa shape index (κ3) is 1.86. The van der Waals surface area contributed by atoms with Crippen molar-refractivity contribution >= 4 is 0 Å². The van der Waals surface area contributed by atoms with Crippen molar-refractivity contribution in [3.63, 3.8) is 0 Å². The molecule has 0 radical (unpaired) electrons. The lowest BCUT2D eigenvalue weighted by atomic mass is 9.91. The van der Waals surface area contributed by atoms with E-state index in [-0.39, 0.29) is 6.61 Å². The third-order valence-electron chi connectivity index (χ3n) is 3.23. The number of fused-ring (bicyclic) bond motifs is 1. The number of oxazole rings is 1. The Balaban J connectivity index is 1.92. The van der Waals surface area contributed by atoms with Gasteiger partial charge in [-0.3, -0.25) is 0 Å². The SMILES string of the molecule is Cc1cnc(-c2nc3c([nH]2)CC(CO)CC3)o1. The number of aliphatic hydroxyl groups is 1. The summed E-state index contributed by atoms with van der Waals surface area (Å²) in [4.78, 5) is 11.9. The summed E-state index contributed by atoms with van der Waals surface area (Å²) in [6, 6.07) is 0. The number of aromatic amines is 1. The maximum Gasteiger partial charge on any atom is 0.263 e. The topological polar surface area (TPSA) is 74.9 Å². The number of nitrogens with one attached hydrogen (secondary N) is 1. The number of aryl methyl sites for hydroxylation is 2. The van der Waals surface area contributed by atoms with Gasteiger partial charge in [0.15, 0.2) is 5.82 Å². The minimum atomic E-state index is 0.242. The van der Waals surface area contributed by atoms with Gasteiger partial charge in [0.1, 0.15) is 5.76 Å². The Labute approximate surface area is 98.9 Å². The molecule has 0 saturated heterocycles. The second kappa shape index (κ2) is 4.00. The van der Waals surface area contributed by atoms with E-state index in [4.69, 9.17) is 4.42 Å². The molecule has 0 amide bonds. The van der Waals surface area contributed by atoms with E-state index < -0.39 is 0 Å². The normalized spacial score (nSPS) is 19.3. The molecule has 17 heavy (non-hydrogen) atoms. The molecule has 0 saturated carbocycles. The molecule has 0 fully saturated rings. The van der Waals surface area contributed by atoms with Crippen molar-refractivity contribution in [2.75, 3.05) is 6.61 Å². The van der Waals surface area contributed by atoms with Gasteiger partial charge in [0.25, 0.3) is 5.89 Å². The molecule has 5 nitrogen and oxygen atoms in total. The van der Waals surface area contributed by atoms with E-state index in [0.29, 0.717) is 17.6 Å². The van der Waals surface area contributed by atoms with Crippen LogP contribution < -0.4 is 0 Å². The van der Waals surface area contributed by atoms with Gasteiger partial charge in [-0.05, 0) is 32.1 Å². The second-order valence-electron chi connectivity index (χ2n) is 4.58. The summed E-state index contributed by atoms with van der Waals surface area (Å²) in [5, 5.41) is 9.18. The second-order valence-corrected chi connectivity index (χ2v) is 4.58. The van der Waals surface area contributed by atoms with E-state index in [1.807, 2.05) is 6.92 Å². The van der Waals surface area contributed by atoms with Crippen LogP contribution >= 0.6 is 0 Å². The highest BCUT2D eigenvalue weighted by atomic mass is 16.4. The number of H-pyrrole nitrogens is 1. The molecule has 0 spiro atoms. The van der Waals surface area contributed by atoms with Crippen LogP contribution in [0.3, 0.4) is 0 Å². The van der Waals surface area contributed by atoms with E-state index >= 15 is 0 Å². The van der Waals surface area contributed by atoms with Gasteiger partial charge >= 0.3 is 0 Å². The molecule has 1 atom stereocenters. The van der Waals surface area contributed by atoms with Gasteiger partial charge in [-0.2, -0.15) is 0 Å². The number of aliphatic hydroxyl groups excluding tert-OH is 1. The molecule has 2 aromatic rings. The van der Waals surface area contributed by atoms with Gasteiger partial charge in [-0.25, -0.2) is 9.97 Å². The molecule has 5 heteroatoms. The first-order valence-electron chi connectivity index (χ1n) is 5.87. The Hall–Kier alpha value is -1.62. The van der Waals surface area contributed by atoms with Gasteiger partial charge < -0.3 is 14.5 Å². The van der Waals surface area contributed by atoms with Gasteiger partial charge in [-0.15, -0.1) is 0 Å². The number of hydrogen-bond acceptors (Lipinski definition) is 4. The van der Waals surface area contributed by atoms with Crippen LogP contribution in [0.25, 0.3) is 11.7 Å². The van der Waals surface area contributed by atoms with Crippen LogP contribution in [-0.2, 0) is 12.8 Å². The zero-order chi connectivity index (χ0) is 11.8. The molecule has 1 unspecified atom stereocenters. The van der Waals surface area contributed by atoms with Crippen LogP contribution in [0.4, 0.5) is 0 Å². The highest BCUT2D eigenvalue weighted by molar-refractivity contribution is 5.43. The summed E-state index contributed by atoms with van der Waals surface area (Å²) in [6.07, 6.45) is 4.46. The first-order chi connectivity index (χ1) is 8.26. The van der Waals surface area contributed by atoms with Crippen molar-refractivity contribution in [1.29, 1.82) is 0 Å². The number of aromatic nitrogens is 3. The largest absolute Gasteiger partial charge is 0.439 e. The molecule has 2 aromatic heterocycles. The van der Waals surface area contributed by atoms with Gasteiger partial charge in [0.2, 0.25) is 0 Å². The number of rotatable bonds is 2. The minimum absolute atomic E-state index is 0.242. The van der Waals surface area contributed by atoms with Crippen LogP contribution in [0.5, 0.6) is 0 Å². The van der Waals surface area contributed by atoms with Crippen LogP contribution in [-0.4, -0.2) is 26.7 Å². The van der Waals surface area contributed by atoms with Crippen LogP contribution in [0, 0.1) is 12.8 Å². The number of hydrogen-bond donors (Lipinski definition) is 2. The van der Waals surface area contributed by atoms with E-state index in [2.05, 4.69) is 15.0 Å². The predicted octanol–water partition coefficient (Wildman–Crippen LogP) is 1.47. The summed E-state index contributed by atoms with van der Waals surface area (Å²) in [6.45, 7) is 2.10. The van der Waals surface area contributed by atoms with Crippen LogP contribution in [0.15, 0.2) is 10.6 Å². The summed E-state index contributed by atoms with van der Waals surface area (Å²) in [7, 11) is 0. The Bertz CT molecular complexity index is 530. The van der Waals surface area contributed by atoms with Crippen molar-refractivity contribution in [3.8, 4) is 11.7 Å². The monoisotopic (exact) mass is 233 g/mol. The first kappa shape index (κ1) is 10.5. The molecule has 1 aliphatic carbocycles. The molecule has 90 valence electrons. The van der Waals surface area contributed by atoms with Crippen molar-refractivity contribution in [2.45, 2.75) is 26.2 Å². The highest BCUT2D eigenvalue weighted by Gasteiger charge is 2.23. The van der Waals surface area contributed by atoms with Crippen molar-refractivity contribution in [2.24, 2.45) is 5.92 Å². The molecule has 1 aliphatic rings. The highest BCUT2D eigenvalue weighted by Crippen LogP contribution is 2.26. The fourth-order valence-corrected chi connectivity index (χ4v) is 2.27. The fraction of sp³-hybridized carbons (Fsp3) is 0.500. The predicted molar refractivity (Wildman–Crippen MR) is 61.4 cm³/mol. The van der Waals surface area contributed by atoms with Crippen molar-refractivity contribution in [1.82, 2.24) is 15.0 Å². The lowest BCUT2D eigenvalue weighted by Gasteiger charge is -2.18. The maximum absolute atomic E-state index is 9.18. The maximum atomic E-state index is 9.18. The smallest absolute Gasteiger partial charge is 0.263 e.